The maximum Gasteiger partial charge on any atom is 0.224 e. The van der Waals surface area contributed by atoms with Crippen molar-refractivity contribution in [1.29, 1.82) is 0 Å². The van der Waals surface area contributed by atoms with Gasteiger partial charge in [0.25, 0.3) is 0 Å². The fourth-order valence-corrected chi connectivity index (χ4v) is 1.33. The quantitative estimate of drug-likeness (QED) is 0.758. The first-order valence-corrected chi connectivity index (χ1v) is 5.14. The number of nitrogens with one attached hydrogen (secondary N) is 1. The van der Waals surface area contributed by atoms with Crippen LogP contribution in [0.1, 0.15) is 11.1 Å². The third kappa shape index (κ3) is 3.38. The van der Waals surface area contributed by atoms with Crippen LogP contribution in [-0.4, -0.2) is 18.3 Å². The number of carbonyl (C=O) groups excluding carboxylic acids is 1. The zero-order valence-electron chi connectivity index (χ0n) is 8.22. The molecule has 1 aromatic rings. The molecule has 14 heavy (non-hydrogen) atoms. The normalized spacial score (nSPS) is 9.86. The van der Waals surface area contributed by atoms with Gasteiger partial charge in [-0.15, -0.1) is 11.6 Å². The van der Waals surface area contributed by atoms with Gasteiger partial charge in [0.1, 0.15) is 0 Å². The van der Waals surface area contributed by atoms with Gasteiger partial charge in [-0.05, 0) is 18.1 Å². The highest BCUT2D eigenvalue weighted by Gasteiger charge is 2.03. The maximum atomic E-state index is 11.4. The zero-order valence-corrected chi connectivity index (χ0v) is 8.97. The van der Waals surface area contributed by atoms with Gasteiger partial charge >= 0.3 is 0 Å². The van der Waals surface area contributed by atoms with E-state index in [2.05, 4.69) is 5.32 Å². The molecule has 0 radical (unpaired) electrons. The van der Waals surface area contributed by atoms with Crippen molar-refractivity contribution in [2.75, 3.05) is 12.4 Å². The molecule has 0 aliphatic rings. The van der Waals surface area contributed by atoms with Crippen LogP contribution < -0.4 is 5.32 Å². The van der Waals surface area contributed by atoms with E-state index in [1.807, 2.05) is 31.2 Å². The highest BCUT2D eigenvalue weighted by molar-refractivity contribution is 6.18. The molecule has 0 aliphatic heterocycles. The Bertz CT molecular complexity index is 312. The summed E-state index contributed by atoms with van der Waals surface area (Å²) in [5, 5.41) is 2.74. The Kier molecular flexibility index (Phi) is 4.47. The molecule has 0 saturated carbocycles. The molecule has 1 amide bonds. The molecule has 0 aromatic heterocycles. The molecule has 0 unspecified atom stereocenters. The number of benzene rings is 1. The molecular formula is C11H14ClNO. The predicted molar refractivity (Wildman–Crippen MR) is 58.6 cm³/mol. The summed E-state index contributed by atoms with van der Waals surface area (Å²) < 4.78 is 0. The van der Waals surface area contributed by atoms with E-state index in [-0.39, 0.29) is 5.91 Å². The van der Waals surface area contributed by atoms with Gasteiger partial charge in [-0.3, -0.25) is 4.79 Å². The molecule has 0 aliphatic carbocycles. The number of amides is 1. The van der Waals surface area contributed by atoms with E-state index < -0.39 is 0 Å². The molecular weight excluding hydrogens is 198 g/mol. The largest absolute Gasteiger partial charge is 0.355 e. The Morgan fingerprint density at radius 1 is 1.43 bits per heavy atom. The minimum absolute atomic E-state index is 0.0277. The average molecular weight is 212 g/mol. The summed E-state index contributed by atoms with van der Waals surface area (Å²) in [5.74, 6) is 0.486. The van der Waals surface area contributed by atoms with Crippen LogP contribution in [0.4, 0.5) is 0 Å². The maximum absolute atomic E-state index is 11.4. The number of hydrogen-bond acceptors (Lipinski definition) is 1. The molecule has 1 aromatic carbocycles. The van der Waals surface area contributed by atoms with Gasteiger partial charge in [0.15, 0.2) is 0 Å². The Labute approximate surface area is 89.3 Å². The van der Waals surface area contributed by atoms with Crippen LogP contribution in [0, 0.1) is 6.92 Å². The third-order valence-electron chi connectivity index (χ3n) is 2.03. The zero-order chi connectivity index (χ0) is 10.4. The SMILES string of the molecule is Cc1ccccc1CC(=O)NCCCl. The van der Waals surface area contributed by atoms with E-state index >= 15 is 0 Å². The molecule has 0 heterocycles. The summed E-state index contributed by atoms with van der Waals surface area (Å²) in [7, 11) is 0. The van der Waals surface area contributed by atoms with E-state index in [4.69, 9.17) is 11.6 Å². The van der Waals surface area contributed by atoms with Gasteiger partial charge in [0.05, 0.1) is 6.42 Å². The van der Waals surface area contributed by atoms with Gasteiger partial charge < -0.3 is 5.32 Å². The van der Waals surface area contributed by atoms with Crippen LogP contribution in [-0.2, 0) is 11.2 Å². The van der Waals surface area contributed by atoms with Crippen LogP contribution in [0.2, 0.25) is 0 Å². The second-order valence-electron chi connectivity index (χ2n) is 3.14. The fraction of sp³-hybridized carbons (Fsp3) is 0.364. The Morgan fingerprint density at radius 3 is 2.79 bits per heavy atom. The van der Waals surface area contributed by atoms with Crippen molar-refractivity contribution in [3.63, 3.8) is 0 Å². The highest BCUT2D eigenvalue weighted by Crippen LogP contribution is 2.07. The number of hydrogen-bond donors (Lipinski definition) is 1. The summed E-state index contributed by atoms with van der Waals surface area (Å²) in [5.41, 5.74) is 2.22. The van der Waals surface area contributed by atoms with E-state index in [0.717, 1.165) is 11.1 Å². The van der Waals surface area contributed by atoms with Gasteiger partial charge in [0.2, 0.25) is 5.91 Å². The van der Waals surface area contributed by atoms with E-state index in [1.54, 1.807) is 0 Å². The average Bonchev–Trinajstić information content (AvgIpc) is 2.18. The highest BCUT2D eigenvalue weighted by atomic mass is 35.5. The van der Waals surface area contributed by atoms with Gasteiger partial charge in [-0.25, -0.2) is 0 Å². The number of halogens is 1. The first-order chi connectivity index (χ1) is 6.74. The monoisotopic (exact) mass is 211 g/mol. The Hall–Kier alpha value is -1.02. The Balaban J connectivity index is 2.52. The van der Waals surface area contributed by atoms with Crippen LogP contribution in [0.25, 0.3) is 0 Å². The molecule has 3 heteroatoms. The minimum atomic E-state index is 0.0277. The van der Waals surface area contributed by atoms with Crippen molar-refractivity contribution in [2.45, 2.75) is 13.3 Å². The summed E-state index contributed by atoms with van der Waals surface area (Å²) in [6.07, 6.45) is 0.434. The summed E-state index contributed by atoms with van der Waals surface area (Å²) in [4.78, 5) is 11.4. The molecule has 1 N–H and O–H groups in total. The van der Waals surface area contributed by atoms with Gasteiger partial charge in [-0.1, -0.05) is 24.3 Å². The van der Waals surface area contributed by atoms with E-state index in [0.29, 0.717) is 18.8 Å². The smallest absolute Gasteiger partial charge is 0.224 e. The molecule has 0 fully saturated rings. The first kappa shape index (κ1) is 11.1. The number of rotatable bonds is 4. The van der Waals surface area contributed by atoms with E-state index in [1.165, 1.54) is 0 Å². The number of carbonyl (C=O) groups is 1. The molecule has 0 spiro atoms. The molecule has 1 rings (SSSR count). The van der Waals surface area contributed by atoms with Crippen LogP contribution >= 0.6 is 11.6 Å². The van der Waals surface area contributed by atoms with Gasteiger partial charge in [-0.2, -0.15) is 0 Å². The lowest BCUT2D eigenvalue weighted by Crippen LogP contribution is -2.27. The molecule has 0 atom stereocenters. The summed E-state index contributed by atoms with van der Waals surface area (Å²) in [6.45, 7) is 2.54. The summed E-state index contributed by atoms with van der Waals surface area (Å²) in [6, 6.07) is 7.88. The van der Waals surface area contributed by atoms with Crippen molar-refractivity contribution >= 4 is 17.5 Å². The second-order valence-corrected chi connectivity index (χ2v) is 3.52. The van der Waals surface area contributed by atoms with Crippen LogP contribution in [0.15, 0.2) is 24.3 Å². The number of alkyl halides is 1. The molecule has 0 bridgehead atoms. The first-order valence-electron chi connectivity index (χ1n) is 4.61. The van der Waals surface area contributed by atoms with Crippen molar-refractivity contribution in [3.05, 3.63) is 35.4 Å². The van der Waals surface area contributed by atoms with Crippen molar-refractivity contribution in [3.8, 4) is 0 Å². The van der Waals surface area contributed by atoms with E-state index in [9.17, 15) is 4.79 Å². The lowest BCUT2D eigenvalue weighted by Gasteiger charge is -2.05. The lowest BCUT2D eigenvalue weighted by atomic mass is 10.1. The minimum Gasteiger partial charge on any atom is -0.355 e. The predicted octanol–water partition coefficient (Wildman–Crippen LogP) is 1.89. The number of aryl methyl sites for hydroxylation is 1. The molecule has 0 saturated heterocycles. The fourth-order valence-electron chi connectivity index (χ4n) is 1.23. The molecule has 2 nitrogen and oxygen atoms in total. The standard InChI is InChI=1S/C11H14ClNO/c1-9-4-2-3-5-10(9)8-11(14)13-7-6-12/h2-5H,6-8H2,1H3,(H,13,14). The van der Waals surface area contributed by atoms with Gasteiger partial charge in [0, 0.05) is 12.4 Å². The topological polar surface area (TPSA) is 29.1 Å². The Morgan fingerprint density at radius 2 is 2.14 bits per heavy atom. The van der Waals surface area contributed by atoms with Crippen LogP contribution in [0.5, 0.6) is 0 Å². The van der Waals surface area contributed by atoms with Crippen molar-refractivity contribution in [2.24, 2.45) is 0 Å². The van der Waals surface area contributed by atoms with Crippen molar-refractivity contribution in [1.82, 2.24) is 5.32 Å². The second kappa shape index (κ2) is 5.66. The van der Waals surface area contributed by atoms with Crippen molar-refractivity contribution < 1.29 is 4.79 Å². The van der Waals surface area contributed by atoms with Crippen LogP contribution in [0.3, 0.4) is 0 Å². The summed E-state index contributed by atoms with van der Waals surface area (Å²) >= 11 is 5.47. The third-order valence-corrected chi connectivity index (χ3v) is 2.22. The molecule has 76 valence electrons. The lowest BCUT2D eigenvalue weighted by molar-refractivity contribution is -0.120.